The van der Waals surface area contributed by atoms with Crippen LogP contribution in [0.1, 0.15) is 33.9 Å². The minimum atomic E-state index is 0.332. The molecule has 1 atom stereocenters. The van der Waals surface area contributed by atoms with E-state index in [-0.39, 0.29) is 0 Å². The van der Waals surface area contributed by atoms with E-state index in [9.17, 15) is 0 Å². The van der Waals surface area contributed by atoms with Crippen LogP contribution in [0.2, 0.25) is 0 Å². The van der Waals surface area contributed by atoms with Crippen molar-refractivity contribution in [2.24, 2.45) is 0 Å². The van der Waals surface area contributed by atoms with E-state index in [1.54, 1.807) is 7.11 Å². The Labute approximate surface area is 128 Å². The van der Waals surface area contributed by atoms with E-state index in [1.807, 2.05) is 19.2 Å². The van der Waals surface area contributed by atoms with Crippen LogP contribution in [0.3, 0.4) is 0 Å². The first-order valence-corrected chi connectivity index (χ1v) is 7.43. The summed E-state index contributed by atoms with van der Waals surface area (Å²) in [6, 6.07) is 13.2. The topological polar surface area (TPSA) is 21.3 Å². The summed E-state index contributed by atoms with van der Waals surface area (Å²) in [5.41, 5.74) is 6.78. The second-order valence-corrected chi connectivity index (χ2v) is 5.71. The van der Waals surface area contributed by atoms with Gasteiger partial charge in [-0.25, -0.2) is 0 Å². The summed E-state index contributed by atoms with van der Waals surface area (Å²) in [7, 11) is 3.73. The number of nitrogens with one attached hydrogen (secondary N) is 1. The van der Waals surface area contributed by atoms with Crippen LogP contribution in [-0.4, -0.2) is 14.2 Å². The van der Waals surface area contributed by atoms with Gasteiger partial charge in [0, 0.05) is 6.04 Å². The molecule has 0 aliphatic heterocycles. The minimum absolute atomic E-state index is 0.332. The van der Waals surface area contributed by atoms with Crippen LogP contribution in [0.15, 0.2) is 36.4 Å². The zero-order valence-electron chi connectivity index (χ0n) is 13.7. The summed E-state index contributed by atoms with van der Waals surface area (Å²) in [5, 5.41) is 3.47. The average Bonchev–Trinajstić information content (AvgIpc) is 2.45. The average molecular weight is 283 g/mol. The molecule has 2 aromatic carbocycles. The maximum atomic E-state index is 5.22. The molecule has 1 N–H and O–H groups in total. The van der Waals surface area contributed by atoms with Crippen molar-refractivity contribution in [1.29, 1.82) is 0 Å². The van der Waals surface area contributed by atoms with Crippen LogP contribution in [0, 0.1) is 20.8 Å². The van der Waals surface area contributed by atoms with Gasteiger partial charge in [0.2, 0.25) is 0 Å². The van der Waals surface area contributed by atoms with Gasteiger partial charge in [0.1, 0.15) is 5.75 Å². The molecular formula is C19H25NO. The molecule has 0 bridgehead atoms. The van der Waals surface area contributed by atoms with E-state index >= 15 is 0 Å². The molecule has 1 unspecified atom stereocenters. The molecule has 0 fully saturated rings. The number of likely N-dealkylation sites (N-methyl/N-ethyl adjacent to an activating group) is 1. The van der Waals surface area contributed by atoms with Crippen LogP contribution in [0.5, 0.6) is 5.75 Å². The molecular weight excluding hydrogens is 258 g/mol. The normalized spacial score (nSPS) is 12.2. The van der Waals surface area contributed by atoms with Gasteiger partial charge in [0.25, 0.3) is 0 Å². The third-order valence-corrected chi connectivity index (χ3v) is 4.03. The van der Waals surface area contributed by atoms with Gasteiger partial charge in [-0.3, -0.25) is 0 Å². The lowest BCUT2D eigenvalue weighted by molar-refractivity contribution is 0.414. The highest BCUT2D eigenvalue weighted by Gasteiger charge is 2.15. The highest BCUT2D eigenvalue weighted by Crippen LogP contribution is 2.26. The van der Waals surface area contributed by atoms with Gasteiger partial charge in [0.05, 0.1) is 7.11 Å². The number of ether oxygens (including phenoxy) is 1. The Balaban J connectivity index is 2.27. The molecule has 112 valence electrons. The fourth-order valence-corrected chi connectivity index (χ4v) is 3.09. The molecule has 2 nitrogen and oxygen atoms in total. The molecule has 0 aliphatic rings. The van der Waals surface area contributed by atoms with Crippen LogP contribution in [0.4, 0.5) is 0 Å². The van der Waals surface area contributed by atoms with E-state index in [1.165, 1.54) is 27.8 Å². The highest BCUT2D eigenvalue weighted by atomic mass is 16.5. The molecule has 2 heteroatoms. The molecule has 2 rings (SSSR count). The van der Waals surface area contributed by atoms with E-state index in [0.29, 0.717) is 6.04 Å². The summed E-state index contributed by atoms with van der Waals surface area (Å²) < 4.78 is 5.22. The van der Waals surface area contributed by atoms with Gasteiger partial charge < -0.3 is 10.1 Å². The molecule has 0 aromatic heterocycles. The molecule has 21 heavy (non-hydrogen) atoms. The molecule has 0 aliphatic carbocycles. The lowest BCUT2D eigenvalue weighted by Gasteiger charge is -2.22. The monoisotopic (exact) mass is 283 g/mol. The van der Waals surface area contributed by atoms with Crippen LogP contribution in [0.25, 0.3) is 0 Å². The maximum absolute atomic E-state index is 5.22. The van der Waals surface area contributed by atoms with Crippen molar-refractivity contribution in [1.82, 2.24) is 5.32 Å². The van der Waals surface area contributed by atoms with Gasteiger partial charge >= 0.3 is 0 Å². The predicted octanol–water partition coefficient (Wildman–Crippen LogP) is 4.12. The largest absolute Gasteiger partial charge is 0.497 e. The Hall–Kier alpha value is -1.80. The number of hydrogen-bond donors (Lipinski definition) is 1. The second-order valence-electron chi connectivity index (χ2n) is 5.71. The quantitative estimate of drug-likeness (QED) is 0.891. The standard InChI is InChI=1S/C19H25NO/c1-13-10-14(2)19(15(3)11-13)18(20-4)12-16-6-8-17(21-5)9-7-16/h6-11,18,20H,12H2,1-5H3. The van der Waals surface area contributed by atoms with Gasteiger partial charge in [-0.1, -0.05) is 29.8 Å². The zero-order valence-corrected chi connectivity index (χ0v) is 13.7. The fourth-order valence-electron chi connectivity index (χ4n) is 3.09. The van der Waals surface area contributed by atoms with Crippen LogP contribution < -0.4 is 10.1 Å². The van der Waals surface area contributed by atoms with Crippen molar-refractivity contribution in [2.45, 2.75) is 33.2 Å². The predicted molar refractivity (Wildman–Crippen MR) is 89.2 cm³/mol. The summed E-state index contributed by atoms with van der Waals surface area (Å²) in [5.74, 6) is 0.905. The van der Waals surface area contributed by atoms with Gasteiger partial charge in [-0.15, -0.1) is 0 Å². The molecule has 2 aromatic rings. The number of rotatable bonds is 5. The summed E-state index contributed by atoms with van der Waals surface area (Å²) in [6.45, 7) is 6.56. The Morgan fingerprint density at radius 1 is 1.00 bits per heavy atom. The molecule has 0 heterocycles. The summed E-state index contributed by atoms with van der Waals surface area (Å²) >= 11 is 0. The first kappa shape index (κ1) is 15.6. The summed E-state index contributed by atoms with van der Waals surface area (Å²) in [4.78, 5) is 0. The summed E-state index contributed by atoms with van der Waals surface area (Å²) in [6.07, 6.45) is 0.977. The second kappa shape index (κ2) is 6.77. The van der Waals surface area contributed by atoms with E-state index in [0.717, 1.165) is 12.2 Å². The number of hydrogen-bond acceptors (Lipinski definition) is 2. The van der Waals surface area contributed by atoms with Crippen LogP contribution in [-0.2, 0) is 6.42 Å². The van der Waals surface area contributed by atoms with Crippen molar-refractivity contribution in [3.63, 3.8) is 0 Å². The molecule has 0 spiro atoms. The number of aryl methyl sites for hydroxylation is 3. The van der Waals surface area contributed by atoms with Crippen molar-refractivity contribution in [2.75, 3.05) is 14.2 Å². The minimum Gasteiger partial charge on any atom is -0.497 e. The van der Waals surface area contributed by atoms with E-state index in [4.69, 9.17) is 4.74 Å². The Kier molecular flexibility index (Phi) is 5.03. The van der Waals surface area contributed by atoms with Crippen LogP contribution >= 0.6 is 0 Å². The van der Waals surface area contributed by atoms with E-state index < -0.39 is 0 Å². The smallest absolute Gasteiger partial charge is 0.118 e. The third-order valence-electron chi connectivity index (χ3n) is 4.03. The number of methoxy groups -OCH3 is 1. The van der Waals surface area contributed by atoms with Crippen molar-refractivity contribution in [3.8, 4) is 5.75 Å². The van der Waals surface area contributed by atoms with Crippen molar-refractivity contribution in [3.05, 3.63) is 64.2 Å². The lowest BCUT2D eigenvalue weighted by Crippen LogP contribution is -2.21. The molecule has 0 amide bonds. The number of benzene rings is 2. The van der Waals surface area contributed by atoms with Gasteiger partial charge in [-0.05, 0) is 68.6 Å². The first-order chi connectivity index (χ1) is 10.0. The molecule has 0 saturated heterocycles. The lowest BCUT2D eigenvalue weighted by atomic mass is 9.90. The highest BCUT2D eigenvalue weighted by molar-refractivity contribution is 5.40. The molecule has 0 radical (unpaired) electrons. The SMILES string of the molecule is CNC(Cc1ccc(OC)cc1)c1c(C)cc(C)cc1C. The van der Waals surface area contributed by atoms with Gasteiger partial charge in [0.15, 0.2) is 0 Å². The maximum Gasteiger partial charge on any atom is 0.118 e. The fraction of sp³-hybridized carbons (Fsp3) is 0.368. The zero-order chi connectivity index (χ0) is 15.4. The van der Waals surface area contributed by atoms with Crippen molar-refractivity contribution >= 4 is 0 Å². The Morgan fingerprint density at radius 3 is 2.05 bits per heavy atom. The molecule has 0 saturated carbocycles. The van der Waals surface area contributed by atoms with Crippen molar-refractivity contribution < 1.29 is 4.74 Å². The Morgan fingerprint density at radius 2 is 1.57 bits per heavy atom. The first-order valence-electron chi connectivity index (χ1n) is 7.43. The van der Waals surface area contributed by atoms with Gasteiger partial charge in [-0.2, -0.15) is 0 Å². The van der Waals surface area contributed by atoms with E-state index in [2.05, 4.69) is 50.4 Å². The Bertz CT molecular complexity index is 578. The third kappa shape index (κ3) is 3.64.